The van der Waals surface area contributed by atoms with Gasteiger partial charge in [0.2, 0.25) is 0 Å². The number of carbonyl (C=O) groups excluding carboxylic acids is 1. The fourth-order valence-electron chi connectivity index (χ4n) is 2.49. The Morgan fingerprint density at radius 3 is 2.38 bits per heavy atom. The molecule has 0 unspecified atom stereocenters. The number of para-hydroxylation sites is 1. The van der Waals surface area contributed by atoms with Crippen LogP contribution in [0.4, 0.5) is 11.4 Å². The molecule has 120 valence electrons. The molecule has 24 heavy (non-hydrogen) atoms. The maximum Gasteiger partial charge on any atom is 0.257 e. The van der Waals surface area contributed by atoms with E-state index in [9.17, 15) is 4.79 Å². The molecule has 0 atom stereocenters. The highest BCUT2D eigenvalue weighted by Gasteiger charge is 2.08. The molecule has 4 nitrogen and oxygen atoms in total. The molecule has 0 saturated heterocycles. The molecule has 1 heterocycles. The number of amides is 1. The van der Waals surface area contributed by atoms with Crippen molar-refractivity contribution in [1.82, 2.24) is 4.98 Å². The fraction of sp³-hybridized carbons (Fsp3) is 0.100. The molecule has 0 fully saturated rings. The minimum atomic E-state index is -0.198. The van der Waals surface area contributed by atoms with Crippen LogP contribution in [-0.2, 0) is 12.8 Å². The average molecular weight is 317 g/mol. The highest BCUT2D eigenvalue weighted by atomic mass is 16.1. The van der Waals surface area contributed by atoms with Gasteiger partial charge in [0.25, 0.3) is 5.91 Å². The lowest BCUT2D eigenvalue weighted by Crippen LogP contribution is -2.13. The maximum absolute atomic E-state index is 12.2. The predicted octanol–water partition coefficient (Wildman–Crippen LogP) is 3.70. The Morgan fingerprint density at radius 1 is 0.917 bits per heavy atom. The number of benzene rings is 2. The second kappa shape index (κ2) is 7.42. The summed E-state index contributed by atoms with van der Waals surface area (Å²) in [5, 5.41) is 2.87. The molecule has 0 spiro atoms. The van der Waals surface area contributed by atoms with Crippen LogP contribution < -0.4 is 11.1 Å². The minimum Gasteiger partial charge on any atom is -0.398 e. The van der Waals surface area contributed by atoms with Crippen LogP contribution in [0.3, 0.4) is 0 Å². The van der Waals surface area contributed by atoms with Gasteiger partial charge in [-0.2, -0.15) is 0 Å². The van der Waals surface area contributed by atoms with E-state index >= 15 is 0 Å². The first-order valence-electron chi connectivity index (χ1n) is 7.86. The molecule has 0 aliphatic heterocycles. The molecule has 2 aromatic carbocycles. The summed E-state index contributed by atoms with van der Waals surface area (Å²) in [6, 6.07) is 18.9. The van der Waals surface area contributed by atoms with E-state index in [4.69, 9.17) is 5.73 Å². The maximum atomic E-state index is 12.2. The summed E-state index contributed by atoms with van der Waals surface area (Å²) in [7, 11) is 0. The Hall–Kier alpha value is -3.14. The van der Waals surface area contributed by atoms with Gasteiger partial charge in [-0.15, -0.1) is 0 Å². The molecule has 3 aromatic rings. The van der Waals surface area contributed by atoms with Gasteiger partial charge < -0.3 is 11.1 Å². The van der Waals surface area contributed by atoms with E-state index in [1.54, 1.807) is 24.4 Å². The van der Waals surface area contributed by atoms with Crippen LogP contribution in [0, 0.1) is 0 Å². The van der Waals surface area contributed by atoms with Crippen molar-refractivity contribution in [3.05, 3.63) is 89.7 Å². The molecule has 3 rings (SSSR count). The van der Waals surface area contributed by atoms with Gasteiger partial charge in [0.15, 0.2) is 0 Å². The molecule has 0 saturated carbocycles. The van der Waals surface area contributed by atoms with Crippen LogP contribution in [0.1, 0.15) is 21.5 Å². The summed E-state index contributed by atoms with van der Waals surface area (Å²) in [5.74, 6) is -0.198. The van der Waals surface area contributed by atoms with Crippen molar-refractivity contribution in [2.45, 2.75) is 12.8 Å². The first-order valence-corrected chi connectivity index (χ1v) is 7.86. The zero-order valence-corrected chi connectivity index (χ0v) is 13.3. The monoisotopic (exact) mass is 317 g/mol. The summed E-state index contributed by atoms with van der Waals surface area (Å²) in [4.78, 5) is 16.4. The van der Waals surface area contributed by atoms with Crippen molar-refractivity contribution < 1.29 is 4.79 Å². The third-order valence-corrected chi connectivity index (χ3v) is 3.84. The van der Waals surface area contributed by atoms with Crippen LogP contribution in [0.5, 0.6) is 0 Å². The largest absolute Gasteiger partial charge is 0.398 e. The molecule has 0 aliphatic rings. The molecule has 0 radical (unpaired) electrons. The van der Waals surface area contributed by atoms with Crippen molar-refractivity contribution >= 4 is 17.3 Å². The van der Waals surface area contributed by atoms with Crippen molar-refractivity contribution in [2.24, 2.45) is 0 Å². The Labute approximate surface area is 141 Å². The molecular formula is C20H19N3O. The lowest BCUT2D eigenvalue weighted by atomic mass is 10.1. The van der Waals surface area contributed by atoms with Crippen LogP contribution in [0.25, 0.3) is 0 Å². The SMILES string of the molecule is Nc1ccccc1C(=O)Nc1ccc(CCc2cccnc2)cc1. The fourth-order valence-corrected chi connectivity index (χ4v) is 2.49. The van der Waals surface area contributed by atoms with E-state index < -0.39 is 0 Å². The topological polar surface area (TPSA) is 68.0 Å². The average Bonchev–Trinajstić information content (AvgIpc) is 2.62. The number of pyridine rings is 1. The second-order valence-corrected chi connectivity index (χ2v) is 5.60. The first kappa shape index (κ1) is 15.7. The lowest BCUT2D eigenvalue weighted by molar-refractivity contribution is 0.102. The number of aromatic nitrogens is 1. The van der Waals surface area contributed by atoms with E-state index in [0.29, 0.717) is 11.3 Å². The number of nitrogens with two attached hydrogens (primary N) is 1. The number of aryl methyl sites for hydroxylation is 2. The van der Waals surface area contributed by atoms with Gasteiger partial charge in [-0.25, -0.2) is 0 Å². The smallest absolute Gasteiger partial charge is 0.257 e. The number of nitrogen functional groups attached to an aromatic ring is 1. The van der Waals surface area contributed by atoms with Crippen LogP contribution in [0.2, 0.25) is 0 Å². The van der Waals surface area contributed by atoms with Gasteiger partial charge in [0.05, 0.1) is 5.56 Å². The summed E-state index contributed by atoms with van der Waals surface area (Å²) in [5.41, 5.74) is 9.98. The third kappa shape index (κ3) is 3.98. The predicted molar refractivity (Wildman–Crippen MR) is 96.9 cm³/mol. The quantitative estimate of drug-likeness (QED) is 0.705. The Kier molecular flexibility index (Phi) is 4.87. The van der Waals surface area contributed by atoms with Gasteiger partial charge in [-0.1, -0.05) is 30.3 Å². The van der Waals surface area contributed by atoms with E-state index in [-0.39, 0.29) is 5.91 Å². The van der Waals surface area contributed by atoms with Crippen molar-refractivity contribution in [1.29, 1.82) is 0 Å². The van der Waals surface area contributed by atoms with Gasteiger partial charge in [0.1, 0.15) is 0 Å². The van der Waals surface area contributed by atoms with E-state index in [0.717, 1.165) is 18.5 Å². The number of hydrogen-bond acceptors (Lipinski definition) is 3. The van der Waals surface area contributed by atoms with E-state index in [1.807, 2.05) is 42.6 Å². The Balaban J connectivity index is 1.60. The van der Waals surface area contributed by atoms with E-state index in [1.165, 1.54) is 11.1 Å². The number of rotatable bonds is 5. The summed E-state index contributed by atoms with van der Waals surface area (Å²) < 4.78 is 0. The second-order valence-electron chi connectivity index (χ2n) is 5.60. The van der Waals surface area contributed by atoms with Gasteiger partial charge in [0, 0.05) is 23.8 Å². The number of nitrogens with one attached hydrogen (secondary N) is 1. The van der Waals surface area contributed by atoms with Gasteiger partial charge in [-0.3, -0.25) is 9.78 Å². The standard InChI is InChI=1S/C20H19N3O/c21-19-6-2-1-5-18(19)20(24)23-17-11-9-15(10-12-17)7-8-16-4-3-13-22-14-16/h1-6,9-14H,7-8,21H2,(H,23,24). The van der Waals surface area contributed by atoms with Gasteiger partial charge in [-0.05, 0) is 54.3 Å². The van der Waals surface area contributed by atoms with E-state index in [2.05, 4.69) is 16.4 Å². The highest BCUT2D eigenvalue weighted by Crippen LogP contribution is 2.16. The van der Waals surface area contributed by atoms with Gasteiger partial charge >= 0.3 is 0 Å². The first-order chi connectivity index (χ1) is 11.7. The normalized spacial score (nSPS) is 10.3. The number of carbonyl (C=O) groups is 1. The summed E-state index contributed by atoms with van der Waals surface area (Å²) in [6.45, 7) is 0. The molecular weight excluding hydrogens is 298 g/mol. The highest BCUT2D eigenvalue weighted by molar-refractivity contribution is 6.07. The molecule has 1 amide bonds. The van der Waals surface area contributed by atoms with Crippen LogP contribution in [0.15, 0.2) is 73.1 Å². The molecule has 3 N–H and O–H groups in total. The molecule has 0 aliphatic carbocycles. The number of anilines is 2. The van der Waals surface area contributed by atoms with Crippen molar-refractivity contribution in [3.63, 3.8) is 0 Å². The number of hydrogen-bond donors (Lipinski definition) is 2. The van der Waals surface area contributed by atoms with Crippen molar-refractivity contribution in [3.8, 4) is 0 Å². The molecule has 1 aromatic heterocycles. The molecule has 0 bridgehead atoms. The van der Waals surface area contributed by atoms with Crippen LogP contribution in [-0.4, -0.2) is 10.9 Å². The van der Waals surface area contributed by atoms with Crippen LogP contribution >= 0.6 is 0 Å². The molecule has 4 heteroatoms. The zero-order valence-electron chi connectivity index (χ0n) is 13.3. The summed E-state index contributed by atoms with van der Waals surface area (Å²) >= 11 is 0. The summed E-state index contributed by atoms with van der Waals surface area (Å²) in [6.07, 6.45) is 5.55. The zero-order chi connectivity index (χ0) is 16.8. The van der Waals surface area contributed by atoms with Crippen molar-refractivity contribution in [2.75, 3.05) is 11.1 Å². The third-order valence-electron chi connectivity index (χ3n) is 3.84. The Morgan fingerprint density at radius 2 is 1.67 bits per heavy atom. The minimum absolute atomic E-state index is 0.198. The Bertz CT molecular complexity index is 814. The number of nitrogens with zero attached hydrogens (tertiary/aromatic N) is 1. The lowest BCUT2D eigenvalue weighted by Gasteiger charge is -2.08.